The van der Waals surface area contributed by atoms with E-state index in [0.29, 0.717) is 0 Å². The van der Waals surface area contributed by atoms with Crippen LogP contribution in [0.25, 0.3) is 0 Å². The van der Waals surface area contributed by atoms with E-state index in [0.717, 1.165) is 5.75 Å². The third kappa shape index (κ3) is 3.83. The van der Waals surface area contributed by atoms with Crippen LogP contribution in [0.5, 0.6) is 0 Å². The molecular formula is C5H8S. The highest BCUT2D eigenvalue weighted by Gasteiger charge is 1.55. The largest absolute Gasteiger partial charge is 0.175 e. The summed E-state index contributed by atoms with van der Waals surface area (Å²) in [5.74, 6) is 0.798. The van der Waals surface area contributed by atoms with Crippen LogP contribution in [0.4, 0.5) is 0 Å². The molecule has 0 bridgehead atoms. The minimum atomic E-state index is 0.798. The van der Waals surface area contributed by atoms with Gasteiger partial charge in [-0.2, -0.15) is 12.6 Å². The fourth-order valence-electron chi connectivity index (χ4n) is 0.157. The van der Waals surface area contributed by atoms with Crippen LogP contribution in [-0.2, 0) is 0 Å². The predicted octanol–water partition coefficient (Wildman–Crippen LogP) is 1.66. The van der Waals surface area contributed by atoms with Crippen molar-refractivity contribution in [3.8, 4) is 0 Å². The van der Waals surface area contributed by atoms with Crippen LogP contribution < -0.4 is 0 Å². The Morgan fingerprint density at radius 2 is 2.33 bits per heavy atom. The number of hydrogen-bond acceptors (Lipinski definition) is 1. The number of thiol groups is 1. The second kappa shape index (κ2) is 4.83. The van der Waals surface area contributed by atoms with E-state index in [1.165, 1.54) is 0 Å². The fourth-order valence-corrected chi connectivity index (χ4v) is 0.279. The Labute approximate surface area is 44.0 Å². The average molecular weight is 100 g/mol. The first-order valence-electron chi connectivity index (χ1n) is 1.80. The summed E-state index contributed by atoms with van der Waals surface area (Å²) in [5, 5.41) is 0. The fraction of sp³-hybridized carbons (Fsp3) is 0.200. The highest BCUT2D eigenvalue weighted by atomic mass is 32.1. The lowest BCUT2D eigenvalue weighted by Crippen LogP contribution is -1.53. The van der Waals surface area contributed by atoms with Gasteiger partial charge in [0, 0.05) is 5.75 Å². The molecule has 0 aromatic heterocycles. The Balaban J connectivity index is 2.94. The Bertz CT molecular complexity index is 55.0. The van der Waals surface area contributed by atoms with Gasteiger partial charge in [0.25, 0.3) is 0 Å². The summed E-state index contributed by atoms with van der Waals surface area (Å²) in [6.07, 6.45) is 5.53. The molecule has 34 valence electrons. The highest BCUT2D eigenvalue weighted by molar-refractivity contribution is 7.80. The monoisotopic (exact) mass is 100 g/mol. The van der Waals surface area contributed by atoms with Crippen LogP contribution in [0.15, 0.2) is 24.8 Å². The molecule has 0 aromatic carbocycles. The van der Waals surface area contributed by atoms with Crippen molar-refractivity contribution >= 4 is 12.6 Å². The zero-order valence-electron chi connectivity index (χ0n) is 3.59. The lowest BCUT2D eigenvalue weighted by molar-refractivity contribution is 1.78. The van der Waals surface area contributed by atoms with Crippen molar-refractivity contribution in [1.82, 2.24) is 0 Å². The van der Waals surface area contributed by atoms with E-state index in [9.17, 15) is 0 Å². The van der Waals surface area contributed by atoms with Crippen molar-refractivity contribution in [2.45, 2.75) is 0 Å². The van der Waals surface area contributed by atoms with Crippen LogP contribution >= 0.6 is 12.6 Å². The third-order valence-corrected chi connectivity index (χ3v) is 0.588. The molecule has 0 rings (SSSR count). The minimum absolute atomic E-state index is 0.798. The van der Waals surface area contributed by atoms with Crippen molar-refractivity contribution in [1.29, 1.82) is 0 Å². The maximum atomic E-state index is 3.92. The summed E-state index contributed by atoms with van der Waals surface area (Å²) in [5.41, 5.74) is 0. The molecule has 0 saturated heterocycles. The van der Waals surface area contributed by atoms with Gasteiger partial charge in [0.05, 0.1) is 0 Å². The molecule has 0 spiro atoms. The Hall–Kier alpha value is -0.170. The van der Waals surface area contributed by atoms with Gasteiger partial charge in [-0.3, -0.25) is 0 Å². The summed E-state index contributed by atoms with van der Waals surface area (Å²) >= 11 is 3.92. The van der Waals surface area contributed by atoms with E-state index in [1.807, 2.05) is 12.2 Å². The molecule has 0 aliphatic heterocycles. The van der Waals surface area contributed by atoms with E-state index in [4.69, 9.17) is 0 Å². The topological polar surface area (TPSA) is 0 Å². The molecule has 0 atom stereocenters. The van der Waals surface area contributed by atoms with E-state index < -0.39 is 0 Å². The maximum absolute atomic E-state index is 3.92. The van der Waals surface area contributed by atoms with Crippen molar-refractivity contribution in [2.75, 3.05) is 5.75 Å². The molecule has 0 aliphatic rings. The first-order valence-corrected chi connectivity index (χ1v) is 2.43. The summed E-state index contributed by atoms with van der Waals surface area (Å²) in [6.45, 7) is 3.48. The molecule has 0 aliphatic carbocycles. The molecule has 0 fully saturated rings. The van der Waals surface area contributed by atoms with Crippen molar-refractivity contribution in [3.63, 3.8) is 0 Å². The zero-order chi connectivity index (χ0) is 4.83. The number of rotatable bonds is 2. The van der Waals surface area contributed by atoms with Crippen molar-refractivity contribution < 1.29 is 0 Å². The smallest absolute Gasteiger partial charge is 0.00856 e. The molecule has 0 saturated carbocycles. The van der Waals surface area contributed by atoms with Gasteiger partial charge in [0.15, 0.2) is 0 Å². The zero-order valence-corrected chi connectivity index (χ0v) is 4.49. The number of allylic oxidation sites excluding steroid dienone is 2. The lowest BCUT2D eigenvalue weighted by Gasteiger charge is -1.67. The van der Waals surface area contributed by atoms with Gasteiger partial charge in [-0.05, 0) is 0 Å². The molecule has 1 heteroatoms. The molecule has 0 nitrogen and oxygen atoms in total. The molecule has 0 radical (unpaired) electrons. The van der Waals surface area contributed by atoms with Crippen LogP contribution in [0.1, 0.15) is 0 Å². The summed E-state index contributed by atoms with van der Waals surface area (Å²) < 4.78 is 0. The Morgan fingerprint density at radius 1 is 1.67 bits per heavy atom. The van der Waals surface area contributed by atoms with Crippen molar-refractivity contribution in [2.24, 2.45) is 0 Å². The summed E-state index contributed by atoms with van der Waals surface area (Å²) in [4.78, 5) is 0. The van der Waals surface area contributed by atoms with Crippen LogP contribution in [0.2, 0.25) is 0 Å². The number of hydrogen-bond donors (Lipinski definition) is 1. The van der Waals surface area contributed by atoms with Crippen LogP contribution in [-0.4, -0.2) is 5.75 Å². The first-order chi connectivity index (χ1) is 2.91. The predicted molar refractivity (Wildman–Crippen MR) is 33.2 cm³/mol. The van der Waals surface area contributed by atoms with Gasteiger partial charge in [-0.15, -0.1) is 0 Å². The van der Waals surface area contributed by atoms with E-state index in [2.05, 4.69) is 19.2 Å². The van der Waals surface area contributed by atoms with E-state index in [-0.39, 0.29) is 0 Å². The maximum Gasteiger partial charge on any atom is 0.00856 e. The second-order valence-corrected chi connectivity index (χ2v) is 1.21. The van der Waals surface area contributed by atoms with Gasteiger partial charge in [0.1, 0.15) is 0 Å². The van der Waals surface area contributed by atoms with Gasteiger partial charge in [-0.25, -0.2) is 0 Å². The minimum Gasteiger partial charge on any atom is -0.175 e. The van der Waals surface area contributed by atoms with E-state index >= 15 is 0 Å². The van der Waals surface area contributed by atoms with Gasteiger partial charge >= 0.3 is 0 Å². The quantitative estimate of drug-likeness (QED) is 0.396. The first kappa shape index (κ1) is 5.83. The van der Waals surface area contributed by atoms with Gasteiger partial charge < -0.3 is 0 Å². The van der Waals surface area contributed by atoms with Crippen LogP contribution in [0.3, 0.4) is 0 Å². The summed E-state index contributed by atoms with van der Waals surface area (Å²) in [6, 6.07) is 0. The standard InChI is InChI=1S/C5H8S/c1-2-3-4-5-6/h2-4,6H,1,5H2/b4-3+. The molecular weight excluding hydrogens is 92.1 g/mol. The SMILES string of the molecule is C=C/C=C/CS. The average Bonchev–Trinajstić information content (AvgIpc) is 1.61. The second-order valence-electron chi connectivity index (χ2n) is 0.846. The molecule has 0 aromatic rings. The Kier molecular flexibility index (Phi) is 4.69. The van der Waals surface area contributed by atoms with Crippen LogP contribution in [0, 0.1) is 0 Å². The third-order valence-electron chi connectivity index (χ3n) is 0.378. The lowest BCUT2D eigenvalue weighted by atomic mass is 10.5. The molecule has 0 unspecified atom stereocenters. The summed E-state index contributed by atoms with van der Waals surface area (Å²) in [7, 11) is 0. The van der Waals surface area contributed by atoms with Gasteiger partial charge in [0.2, 0.25) is 0 Å². The Morgan fingerprint density at radius 3 is 2.50 bits per heavy atom. The highest BCUT2D eigenvalue weighted by Crippen LogP contribution is 1.75. The molecule has 0 amide bonds. The molecule has 0 heterocycles. The normalized spacial score (nSPS) is 9.50. The van der Waals surface area contributed by atoms with E-state index in [1.54, 1.807) is 6.08 Å². The molecule has 0 N–H and O–H groups in total. The molecule has 6 heavy (non-hydrogen) atoms. The van der Waals surface area contributed by atoms with Gasteiger partial charge in [-0.1, -0.05) is 24.8 Å². The van der Waals surface area contributed by atoms with Crippen molar-refractivity contribution in [3.05, 3.63) is 24.8 Å².